The SMILES string of the molecule is [CH2]CCc1c(SCCCCCC)cccc1SCCCCCC. The molecule has 0 nitrogen and oxygen atoms in total. The van der Waals surface area contributed by atoms with Crippen LogP contribution in [0, 0.1) is 6.92 Å². The highest BCUT2D eigenvalue weighted by Gasteiger charge is 2.09. The van der Waals surface area contributed by atoms with Crippen molar-refractivity contribution in [3.8, 4) is 0 Å². The van der Waals surface area contributed by atoms with Crippen LogP contribution in [0.1, 0.15) is 77.2 Å². The molecule has 1 rings (SSSR count). The van der Waals surface area contributed by atoms with Crippen molar-refractivity contribution < 1.29 is 0 Å². The third-order valence-electron chi connectivity index (χ3n) is 4.03. The van der Waals surface area contributed by atoms with Crippen molar-refractivity contribution in [3.05, 3.63) is 30.7 Å². The molecule has 0 amide bonds. The second kappa shape index (κ2) is 14.3. The molecule has 0 bridgehead atoms. The van der Waals surface area contributed by atoms with Gasteiger partial charge >= 0.3 is 0 Å². The molecule has 1 radical (unpaired) electrons. The van der Waals surface area contributed by atoms with E-state index in [1.807, 2.05) is 0 Å². The second-order valence-electron chi connectivity index (χ2n) is 6.15. The Hall–Kier alpha value is -0.0800. The Kier molecular flexibility index (Phi) is 13.0. The van der Waals surface area contributed by atoms with Crippen molar-refractivity contribution in [3.63, 3.8) is 0 Å². The summed E-state index contributed by atoms with van der Waals surface area (Å²) in [5, 5.41) is 0. The number of thioether (sulfide) groups is 2. The molecule has 0 saturated carbocycles. The minimum Gasteiger partial charge on any atom is -0.126 e. The van der Waals surface area contributed by atoms with E-state index in [1.54, 1.807) is 5.56 Å². The third kappa shape index (κ3) is 9.10. The molecule has 0 spiro atoms. The number of unbranched alkanes of at least 4 members (excludes halogenated alkanes) is 6. The molecular weight excluding hydrogens is 316 g/mol. The molecule has 0 aliphatic carbocycles. The van der Waals surface area contributed by atoms with Crippen LogP contribution in [0.2, 0.25) is 0 Å². The Balaban J connectivity index is 2.54. The Bertz CT molecular complexity index is 369. The molecular formula is C21H35S2. The number of hydrogen-bond acceptors (Lipinski definition) is 2. The van der Waals surface area contributed by atoms with Crippen LogP contribution < -0.4 is 0 Å². The zero-order valence-corrected chi connectivity index (χ0v) is 16.9. The van der Waals surface area contributed by atoms with E-state index in [0.29, 0.717) is 0 Å². The molecule has 0 saturated heterocycles. The van der Waals surface area contributed by atoms with E-state index in [2.05, 4.69) is 62.5 Å². The van der Waals surface area contributed by atoms with Crippen molar-refractivity contribution >= 4 is 23.5 Å². The van der Waals surface area contributed by atoms with Crippen LogP contribution in [0.15, 0.2) is 28.0 Å². The number of rotatable bonds is 14. The van der Waals surface area contributed by atoms with Gasteiger partial charge in [-0.2, -0.15) is 0 Å². The molecule has 1 aromatic rings. The lowest BCUT2D eigenvalue weighted by Gasteiger charge is -2.14. The quantitative estimate of drug-likeness (QED) is 0.248. The maximum absolute atomic E-state index is 4.09. The van der Waals surface area contributed by atoms with Crippen molar-refractivity contribution in [2.75, 3.05) is 11.5 Å². The largest absolute Gasteiger partial charge is 0.126 e. The molecule has 0 aliphatic rings. The molecule has 0 fully saturated rings. The molecule has 0 N–H and O–H groups in total. The smallest absolute Gasteiger partial charge is 0.0115 e. The average Bonchev–Trinajstić information content (AvgIpc) is 2.56. The molecule has 1 aromatic carbocycles. The summed E-state index contributed by atoms with van der Waals surface area (Å²) in [5.74, 6) is 2.52. The lowest BCUT2D eigenvalue weighted by molar-refractivity contribution is 0.706. The summed E-state index contributed by atoms with van der Waals surface area (Å²) < 4.78 is 0. The van der Waals surface area contributed by atoms with Crippen molar-refractivity contribution in [1.82, 2.24) is 0 Å². The summed E-state index contributed by atoms with van der Waals surface area (Å²) in [4.78, 5) is 3.01. The fourth-order valence-electron chi connectivity index (χ4n) is 2.66. The first-order valence-corrected chi connectivity index (χ1v) is 11.5. The van der Waals surface area contributed by atoms with Gasteiger partial charge in [0.15, 0.2) is 0 Å². The third-order valence-corrected chi connectivity index (χ3v) is 6.40. The van der Waals surface area contributed by atoms with Crippen LogP contribution in [0.3, 0.4) is 0 Å². The summed E-state index contributed by atoms with van der Waals surface area (Å²) in [6.45, 7) is 8.64. The minimum absolute atomic E-state index is 0.997. The van der Waals surface area contributed by atoms with E-state index >= 15 is 0 Å². The normalized spacial score (nSPS) is 11.1. The first kappa shape index (κ1) is 21.0. The molecule has 23 heavy (non-hydrogen) atoms. The first-order valence-electron chi connectivity index (χ1n) is 9.50. The monoisotopic (exact) mass is 351 g/mol. The molecule has 0 atom stereocenters. The van der Waals surface area contributed by atoms with Crippen molar-refractivity contribution in [2.24, 2.45) is 0 Å². The van der Waals surface area contributed by atoms with Crippen LogP contribution in [0.5, 0.6) is 0 Å². The zero-order chi connectivity index (χ0) is 16.8. The lowest BCUT2D eigenvalue weighted by atomic mass is 10.1. The van der Waals surface area contributed by atoms with Gasteiger partial charge in [-0.05, 0) is 54.9 Å². The van der Waals surface area contributed by atoms with Gasteiger partial charge in [0.25, 0.3) is 0 Å². The average molecular weight is 352 g/mol. The predicted octanol–water partition coefficient (Wildman–Crippen LogP) is 7.80. The lowest BCUT2D eigenvalue weighted by Crippen LogP contribution is -1.94. The molecule has 0 heterocycles. The Morgan fingerprint density at radius 1 is 0.783 bits per heavy atom. The highest BCUT2D eigenvalue weighted by molar-refractivity contribution is 8.00. The molecule has 2 heteroatoms. The number of benzene rings is 1. The van der Waals surface area contributed by atoms with Gasteiger partial charge in [-0.3, -0.25) is 0 Å². The van der Waals surface area contributed by atoms with Gasteiger partial charge in [0.2, 0.25) is 0 Å². The van der Waals surface area contributed by atoms with E-state index in [0.717, 1.165) is 12.8 Å². The van der Waals surface area contributed by atoms with Crippen LogP contribution in [-0.2, 0) is 6.42 Å². The standard InChI is InChI=1S/C21H35S2/c1-4-7-9-11-17-22-20-15-13-16-21(19(20)14-6-3)23-18-12-10-8-5-2/h13,15-16H,3-12,14,17-18H2,1-2H3. The Morgan fingerprint density at radius 2 is 1.30 bits per heavy atom. The van der Waals surface area contributed by atoms with Crippen LogP contribution in [0.25, 0.3) is 0 Å². The Labute approximate surface area is 153 Å². The second-order valence-corrected chi connectivity index (χ2v) is 8.43. The maximum Gasteiger partial charge on any atom is 0.0115 e. The summed E-state index contributed by atoms with van der Waals surface area (Å²) in [6, 6.07) is 6.88. The summed E-state index contributed by atoms with van der Waals surface area (Å²) >= 11 is 4.12. The predicted molar refractivity (Wildman–Crippen MR) is 110 cm³/mol. The van der Waals surface area contributed by atoms with Gasteiger partial charge < -0.3 is 0 Å². The van der Waals surface area contributed by atoms with Gasteiger partial charge in [-0.25, -0.2) is 0 Å². The first-order chi connectivity index (χ1) is 11.3. The fourth-order valence-corrected chi connectivity index (χ4v) is 4.98. The van der Waals surface area contributed by atoms with E-state index < -0.39 is 0 Å². The van der Waals surface area contributed by atoms with Gasteiger partial charge in [-0.15, -0.1) is 23.5 Å². The molecule has 0 aliphatic heterocycles. The van der Waals surface area contributed by atoms with Crippen LogP contribution in [0.4, 0.5) is 0 Å². The highest BCUT2D eigenvalue weighted by Crippen LogP contribution is 2.33. The van der Waals surface area contributed by atoms with Crippen molar-refractivity contribution in [1.29, 1.82) is 0 Å². The summed E-state index contributed by atoms with van der Waals surface area (Å²) in [5.41, 5.74) is 1.56. The van der Waals surface area contributed by atoms with Gasteiger partial charge in [0.1, 0.15) is 0 Å². The topological polar surface area (TPSA) is 0 Å². The van der Waals surface area contributed by atoms with E-state index in [-0.39, 0.29) is 0 Å². The van der Waals surface area contributed by atoms with Gasteiger partial charge in [-0.1, -0.05) is 65.4 Å². The summed E-state index contributed by atoms with van der Waals surface area (Å²) in [6.07, 6.45) is 12.9. The van der Waals surface area contributed by atoms with E-state index in [4.69, 9.17) is 0 Å². The summed E-state index contributed by atoms with van der Waals surface area (Å²) in [7, 11) is 0. The fraction of sp³-hybridized carbons (Fsp3) is 0.667. The van der Waals surface area contributed by atoms with Crippen LogP contribution in [-0.4, -0.2) is 11.5 Å². The number of hydrogen-bond donors (Lipinski definition) is 0. The van der Waals surface area contributed by atoms with Crippen LogP contribution >= 0.6 is 23.5 Å². The van der Waals surface area contributed by atoms with Gasteiger partial charge in [0, 0.05) is 9.79 Å². The van der Waals surface area contributed by atoms with Gasteiger partial charge in [0.05, 0.1) is 0 Å². The molecule has 0 aromatic heterocycles. The zero-order valence-electron chi connectivity index (χ0n) is 15.2. The van der Waals surface area contributed by atoms with E-state index in [9.17, 15) is 0 Å². The molecule has 0 unspecified atom stereocenters. The Morgan fingerprint density at radius 3 is 1.74 bits per heavy atom. The minimum atomic E-state index is 0.997. The van der Waals surface area contributed by atoms with E-state index in [1.165, 1.54) is 72.7 Å². The molecule has 131 valence electrons. The maximum atomic E-state index is 4.09. The van der Waals surface area contributed by atoms with Crippen molar-refractivity contribution in [2.45, 2.75) is 87.8 Å². The highest BCUT2D eigenvalue weighted by atomic mass is 32.2.